The van der Waals surface area contributed by atoms with Crippen molar-refractivity contribution in [2.75, 3.05) is 81.3 Å². The van der Waals surface area contributed by atoms with Gasteiger partial charge in [0, 0.05) is 50.6 Å². The van der Waals surface area contributed by atoms with Gasteiger partial charge in [-0.25, -0.2) is 0 Å². The fraction of sp³-hybridized carbons (Fsp3) is 0.857. The number of rotatable bonds is 28. The highest BCUT2D eigenvalue weighted by Gasteiger charge is 2.67. The van der Waals surface area contributed by atoms with Crippen molar-refractivity contribution in [2.45, 2.75) is 179 Å². The fourth-order valence-corrected chi connectivity index (χ4v) is 40.6. The predicted octanol–water partition coefficient (Wildman–Crippen LogP) is 13.8. The van der Waals surface area contributed by atoms with Gasteiger partial charge in [-0.2, -0.15) is 0 Å². The summed E-state index contributed by atoms with van der Waals surface area (Å²) in [5.74, 6) is 3.57. The largest absolute Gasteiger partial charge is 0.501 e. The highest BCUT2D eigenvalue weighted by Crippen LogP contribution is 2.56. The molecule has 4 atom stereocenters. The third-order valence-corrected chi connectivity index (χ3v) is 38.7. The molecule has 0 radical (unpaired) electrons. The molecule has 12 nitrogen and oxygen atoms in total. The SMILES string of the molecule is CC=COCC1CCC(C(COC)[Si]2(C)O[Si](C)(C(COC)C3CCC(COC=CC)CC3)O[Si](C)(C(COC)C3CCC(COC=CC)CC3)O[Si](C)(C(COC)C3CCC(COC=CC)CC3)O2)CC1. The van der Waals surface area contributed by atoms with Crippen molar-refractivity contribution >= 4 is 34.2 Å². The van der Waals surface area contributed by atoms with Gasteiger partial charge in [0.15, 0.2) is 0 Å². The van der Waals surface area contributed by atoms with Crippen molar-refractivity contribution in [3.05, 3.63) is 49.4 Å². The molecule has 0 spiro atoms. The Bertz CT molecular complexity index is 1360. The van der Waals surface area contributed by atoms with Gasteiger partial charge >= 0.3 is 34.2 Å². The first kappa shape index (κ1) is 61.6. The molecule has 4 aliphatic carbocycles. The van der Waals surface area contributed by atoms with E-state index in [0.29, 0.717) is 73.8 Å². The molecule has 0 amide bonds. The Labute approximate surface area is 443 Å². The summed E-state index contributed by atoms with van der Waals surface area (Å²) in [4.78, 5) is 0. The van der Waals surface area contributed by atoms with Crippen LogP contribution in [0.4, 0.5) is 0 Å². The molecule has 1 aliphatic heterocycles. The average molecular weight is 1080 g/mol. The zero-order valence-electron chi connectivity index (χ0n) is 47.4. The van der Waals surface area contributed by atoms with Gasteiger partial charge in [0.05, 0.1) is 77.9 Å². The van der Waals surface area contributed by atoms with Crippen LogP contribution in [-0.2, 0) is 54.4 Å². The Balaban J connectivity index is 1.64. The van der Waals surface area contributed by atoms with Gasteiger partial charge in [0.2, 0.25) is 0 Å². The number of hydrogen-bond acceptors (Lipinski definition) is 12. The Morgan fingerprint density at radius 3 is 0.667 bits per heavy atom. The molecule has 4 unspecified atom stereocenters. The van der Waals surface area contributed by atoms with Crippen molar-refractivity contribution in [1.29, 1.82) is 0 Å². The molecule has 416 valence electrons. The van der Waals surface area contributed by atoms with Gasteiger partial charge in [-0.1, -0.05) is 24.3 Å². The summed E-state index contributed by atoms with van der Waals surface area (Å²) in [6.45, 7) is 23.0. The zero-order valence-corrected chi connectivity index (χ0v) is 51.4. The summed E-state index contributed by atoms with van der Waals surface area (Å²) >= 11 is 0. The van der Waals surface area contributed by atoms with Gasteiger partial charge in [0.25, 0.3) is 0 Å². The maximum absolute atomic E-state index is 8.45. The van der Waals surface area contributed by atoms with E-state index in [1.54, 1.807) is 0 Å². The van der Waals surface area contributed by atoms with Crippen LogP contribution in [0, 0.1) is 47.3 Å². The first-order valence-corrected chi connectivity index (χ1v) is 38.0. The van der Waals surface area contributed by atoms with Crippen molar-refractivity contribution in [1.82, 2.24) is 0 Å². The van der Waals surface area contributed by atoms with Crippen LogP contribution in [0.3, 0.4) is 0 Å². The second-order valence-corrected chi connectivity index (χ2v) is 37.4. The van der Waals surface area contributed by atoms with Crippen LogP contribution >= 0.6 is 0 Å². The van der Waals surface area contributed by atoms with E-state index in [4.69, 9.17) is 54.4 Å². The average Bonchev–Trinajstić information content (AvgIpc) is 3.36. The molecule has 72 heavy (non-hydrogen) atoms. The highest BCUT2D eigenvalue weighted by molar-refractivity contribution is 6.95. The number of hydrogen-bond donors (Lipinski definition) is 0. The lowest BCUT2D eigenvalue weighted by atomic mass is 9.80. The van der Waals surface area contributed by atoms with Crippen LogP contribution in [0.15, 0.2) is 49.4 Å². The first-order valence-electron chi connectivity index (χ1n) is 28.4. The normalized spacial score (nSPS) is 37.1. The zero-order chi connectivity index (χ0) is 52.0. The van der Waals surface area contributed by atoms with Crippen molar-refractivity contribution < 1.29 is 54.4 Å². The van der Waals surface area contributed by atoms with Crippen LogP contribution in [0.2, 0.25) is 48.4 Å². The summed E-state index contributed by atoms with van der Waals surface area (Å²) < 4.78 is 83.1. The van der Waals surface area contributed by atoms with Crippen LogP contribution in [-0.4, -0.2) is 116 Å². The molecule has 1 saturated heterocycles. The molecule has 0 aromatic carbocycles. The van der Waals surface area contributed by atoms with Crippen LogP contribution in [0.25, 0.3) is 0 Å². The molecule has 5 rings (SSSR count). The van der Waals surface area contributed by atoms with Crippen molar-refractivity contribution in [2.24, 2.45) is 47.3 Å². The third-order valence-electron chi connectivity index (χ3n) is 17.8. The minimum atomic E-state index is -3.33. The number of methoxy groups -OCH3 is 4. The van der Waals surface area contributed by atoms with E-state index in [-0.39, 0.29) is 22.2 Å². The summed E-state index contributed by atoms with van der Waals surface area (Å²) in [6.07, 6.45) is 32.8. The Kier molecular flexibility index (Phi) is 26.7. The monoisotopic (exact) mass is 1080 g/mol. The molecule has 16 heteroatoms. The second kappa shape index (κ2) is 31.2. The maximum atomic E-state index is 8.45. The Morgan fingerprint density at radius 1 is 0.333 bits per heavy atom. The Morgan fingerprint density at radius 2 is 0.514 bits per heavy atom. The van der Waals surface area contributed by atoms with Gasteiger partial charge in [-0.15, -0.1) is 0 Å². The van der Waals surface area contributed by atoms with E-state index in [9.17, 15) is 0 Å². The first-order chi connectivity index (χ1) is 34.8. The van der Waals surface area contributed by atoms with Gasteiger partial charge < -0.3 is 54.4 Å². The van der Waals surface area contributed by atoms with Crippen LogP contribution < -0.4 is 0 Å². The number of allylic oxidation sites excluding steroid dienone is 4. The molecule has 0 N–H and O–H groups in total. The van der Waals surface area contributed by atoms with Crippen LogP contribution in [0.5, 0.6) is 0 Å². The molecule has 0 bridgehead atoms. The van der Waals surface area contributed by atoms with Gasteiger partial charge in [-0.3, -0.25) is 0 Å². The molecule has 1 heterocycles. The summed E-state index contributed by atoms with van der Waals surface area (Å²) in [5, 5.41) is 0. The standard InChI is InChI=1S/C56H104O12Si4/c1-13-33-61-37-45-17-25-49(26-18-45)53(41-57-5)69(9)65-70(10,54(42-58-6)50-27-19-46(20-28-50)38-62-34-14-2)67-72(12,56(44-60-8)52-31-23-48(24-32-52)40-64-36-16-4)68-71(11,66-69)55(43-59-7)51-29-21-47(22-30-51)39-63-35-15-3/h13-16,33-36,45-56H,17-32,37-44H2,1-12H3. The van der Waals surface area contributed by atoms with Crippen molar-refractivity contribution in [3.8, 4) is 0 Å². The van der Waals surface area contributed by atoms with Gasteiger partial charge in [-0.05, 0) is 204 Å². The molecular weight excluding hydrogens is 977 g/mol. The number of ether oxygens (including phenoxy) is 8. The lowest BCUT2D eigenvalue weighted by Crippen LogP contribution is -2.73. The minimum Gasteiger partial charge on any atom is -0.501 e. The minimum absolute atomic E-state index is 0.0667. The molecule has 4 saturated carbocycles. The van der Waals surface area contributed by atoms with E-state index >= 15 is 0 Å². The fourth-order valence-electron chi connectivity index (χ4n) is 14.1. The van der Waals surface area contributed by atoms with Gasteiger partial charge in [0.1, 0.15) is 0 Å². The van der Waals surface area contributed by atoms with E-state index in [1.165, 1.54) is 0 Å². The van der Waals surface area contributed by atoms with E-state index in [1.807, 2.05) is 105 Å². The second-order valence-electron chi connectivity index (χ2n) is 23.1. The third kappa shape index (κ3) is 17.4. The van der Waals surface area contributed by atoms with Crippen molar-refractivity contribution in [3.63, 3.8) is 0 Å². The summed E-state index contributed by atoms with van der Waals surface area (Å²) in [7, 11) is -5.87. The lowest BCUT2D eigenvalue weighted by Gasteiger charge is -2.59. The maximum Gasteiger partial charge on any atom is 0.323 e. The molecular formula is C56H104O12Si4. The molecule has 0 aromatic rings. The van der Waals surface area contributed by atoms with E-state index < -0.39 is 34.2 Å². The lowest BCUT2D eigenvalue weighted by molar-refractivity contribution is 0.0807. The highest BCUT2D eigenvalue weighted by atomic mass is 28.5. The quantitative estimate of drug-likeness (QED) is 0.0549. The summed E-state index contributed by atoms with van der Waals surface area (Å²) in [5.41, 5.74) is 0.267. The molecule has 5 aliphatic rings. The smallest absolute Gasteiger partial charge is 0.323 e. The predicted molar refractivity (Wildman–Crippen MR) is 298 cm³/mol. The molecule has 0 aromatic heterocycles. The van der Waals surface area contributed by atoms with E-state index in [2.05, 4.69) is 26.2 Å². The topological polar surface area (TPSA) is 111 Å². The summed E-state index contributed by atoms with van der Waals surface area (Å²) in [6, 6.07) is 0. The molecule has 5 fully saturated rings. The van der Waals surface area contributed by atoms with Crippen LogP contribution in [0.1, 0.15) is 130 Å². The van der Waals surface area contributed by atoms with E-state index in [0.717, 1.165) is 129 Å². The Hall–Kier alpha value is -1.29.